The summed E-state index contributed by atoms with van der Waals surface area (Å²) >= 11 is 9.40. The molecule has 0 fully saturated rings. The quantitative estimate of drug-likeness (QED) is 0.809. The van der Waals surface area contributed by atoms with Gasteiger partial charge in [0.1, 0.15) is 0 Å². The monoisotopic (exact) mass is 337 g/mol. The van der Waals surface area contributed by atoms with Crippen LogP contribution >= 0.6 is 27.5 Å². The molecule has 0 spiro atoms. The van der Waals surface area contributed by atoms with Crippen LogP contribution in [0.25, 0.3) is 0 Å². The first-order valence-electron chi connectivity index (χ1n) is 6.42. The van der Waals surface area contributed by atoms with Gasteiger partial charge >= 0.3 is 0 Å². The zero-order valence-electron chi connectivity index (χ0n) is 10.9. The number of benzene rings is 2. The van der Waals surface area contributed by atoms with E-state index in [0.29, 0.717) is 6.04 Å². The Hall–Kier alpha value is -0.830. The predicted octanol–water partition coefficient (Wildman–Crippen LogP) is 5.00. The summed E-state index contributed by atoms with van der Waals surface area (Å²) < 4.78 is 1.11. The van der Waals surface area contributed by atoms with Gasteiger partial charge < -0.3 is 5.32 Å². The molecule has 1 atom stereocenters. The van der Waals surface area contributed by atoms with Crippen molar-refractivity contribution in [2.24, 2.45) is 0 Å². The van der Waals surface area contributed by atoms with Crippen molar-refractivity contribution in [2.45, 2.75) is 19.4 Å². The van der Waals surface area contributed by atoms with E-state index in [0.717, 1.165) is 22.5 Å². The van der Waals surface area contributed by atoms with Gasteiger partial charge in [0.2, 0.25) is 0 Å². The number of hydrogen-bond acceptors (Lipinski definition) is 1. The number of likely N-dealkylation sites (N-methyl/N-ethyl adjacent to an activating group) is 1. The molecular formula is C16H17BrClN. The highest BCUT2D eigenvalue weighted by atomic mass is 79.9. The molecule has 2 aromatic rings. The maximum absolute atomic E-state index is 5.92. The van der Waals surface area contributed by atoms with Gasteiger partial charge in [-0.15, -0.1) is 0 Å². The summed E-state index contributed by atoms with van der Waals surface area (Å²) in [4.78, 5) is 0. The fourth-order valence-corrected chi connectivity index (χ4v) is 2.50. The average molecular weight is 339 g/mol. The summed E-state index contributed by atoms with van der Waals surface area (Å²) in [6, 6.07) is 16.9. The molecule has 3 heteroatoms. The SMILES string of the molecule is CCNC(Cc1ccc(Cl)cc1)c1ccc(Br)cc1. The molecule has 1 N–H and O–H groups in total. The molecule has 1 nitrogen and oxygen atoms in total. The van der Waals surface area contributed by atoms with Crippen LogP contribution in [0.15, 0.2) is 53.0 Å². The van der Waals surface area contributed by atoms with Crippen molar-refractivity contribution in [2.75, 3.05) is 6.54 Å². The number of hydrogen-bond donors (Lipinski definition) is 1. The Morgan fingerprint density at radius 3 is 2.26 bits per heavy atom. The van der Waals surface area contributed by atoms with Crippen LogP contribution in [0.3, 0.4) is 0 Å². The molecule has 0 aliphatic carbocycles. The van der Waals surface area contributed by atoms with E-state index in [1.807, 2.05) is 12.1 Å². The molecule has 2 aromatic carbocycles. The molecular weight excluding hydrogens is 322 g/mol. The van der Waals surface area contributed by atoms with Gasteiger partial charge in [-0.1, -0.05) is 58.7 Å². The van der Waals surface area contributed by atoms with Gasteiger partial charge in [0.25, 0.3) is 0 Å². The minimum Gasteiger partial charge on any atom is -0.310 e. The van der Waals surface area contributed by atoms with Crippen LogP contribution in [0.5, 0.6) is 0 Å². The maximum atomic E-state index is 5.92. The molecule has 0 heterocycles. The molecule has 0 radical (unpaired) electrons. The first kappa shape index (κ1) is 14.6. The van der Waals surface area contributed by atoms with Crippen LogP contribution < -0.4 is 5.32 Å². The molecule has 19 heavy (non-hydrogen) atoms. The number of rotatable bonds is 5. The van der Waals surface area contributed by atoms with Crippen molar-refractivity contribution in [1.82, 2.24) is 5.32 Å². The average Bonchev–Trinajstić information content (AvgIpc) is 2.42. The van der Waals surface area contributed by atoms with Gasteiger partial charge in [0.05, 0.1) is 0 Å². The Morgan fingerprint density at radius 1 is 1.05 bits per heavy atom. The Kier molecular flexibility index (Phi) is 5.44. The van der Waals surface area contributed by atoms with Crippen LogP contribution in [-0.2, 0) is 6.42 Å². The molecule has 0 bridgehead atoms. The topological polar surface area (TPSA) is 12.0 Å². The van der Waals surface area contributed by atoms with E-state index in [1.54, 1.807) is 0 Å². The second-order valence-corrected chi connectivity index (χ2v) is 5.84. The minimum atomic E-state index is 0.333. The first-order chi connectivity index (χ1) is 9.19. The van der Waals surface area contributed by atoms with Crippen LogP contribution in [-0.4, -0.2) is 6.54 Å². The first-order valence-corrected chi connectivity index (χ1v) is 7.59. The summed E-state index contributed by atoms with van der Waals surface area (Å²) in [6.07, 6.45) is 0.965. The molecule has 0 aliphatic rings. The number of nitrogens with one attached hydrogen (secondary N) is 1. The van der Waals surface area contributed by atoms with Crippen molar-refractivity contribution in [3.8, 4) is 0 Å². The van der Waals surface area contributed by atoms with E-state index in [1.165, 1.54) is 11.1 Å². The van der Waals surface area contributed by atoms with Gasteiger partial charge in [0.15, 0.2) is 0 Å². The van der Waals surface area contributed by atoms with Gasteiger partial charge in [-0.2, -0.15) is 0 Å². The summed E-state index contributed by atoms with van der Waals surface area (Å²) in [5, 5.41) is 4.32. The van der Waals surface area contributed by atoms with E-state index in [9.17, 15) is 0 Å². The van der Waals surface area contributed by atoms with Gasteiger partial charge in [0, 0.05) is 15.5 Å². The smallest absolute Gasteiger partial charge is 0.0406 e. The summed E-state index contributed by atoms with van der Waals surface area (Å²) in [5.41, 5.74) is 2.60. The van der Waals surface area contributed by atoms with E-state index >= 15 is 0 Å². The Morgan fingerprint density at radius 2 is 1.68 bits per heavy atom. The largest absolute Gasteiger partial charge is 0.310 e. The van der Waals surface area contributed by atoms with E-state index < -0.39 is 0 Å². The van der Waals surface area contributed by atoms with Gasteiger partial charge in [-0.05, 0) is 48.4 Å². The van der Waals surface area contributed by atoms with Crippen LogP contribution in [0.1, 0.15) is 24.1 Å². The lowest BCUT2D eigenvalue weighted by Crippen LogP contribution is -2.22. The Balaban J connectivity index is 2.15. The predicted molar refractivity (Wildman–Crippen MR) is 85.7 cm³/mol. The molecule has 0 saturated heterocycles. The Bertz CT molecular complexity index is 507. The number of halogens is 2. The molecule has 0 saturated carbocycles. The summed E-state index contributed by atoms with van der Waals surface area (Å²) in [6.45, 7) is 3.09. The lowest BCUT2D eigenvalue weighted by atomic mass is 9.99. The molecule has 0 aromatic heterocycles. The molecule has 1 unspecified atom stereocenters. The third kappa shape index (κ3) is 4.34. The zero-order chi connectivity index (χ0) is 13.7. The molecule has 100 valence electrons. The summed E-state index contributed by atoms with van der Waals surface area (Å²) in [7, 11) is 0. The van der Waals surface area contributed by atoms with Crippen LogP contribution in [0.4, 0.5) is 0 Å². The van der Waals surface area contributed by atoms with Gasteiger partial charge in [-0.25, -0.2) is 0 Å². The molecule has 2 rings (SSSR count). The maximum Gasteiger partial charge on any atom is 0.0406 e. The highest BCUT2D eigenvalue weighted by Crippen LogP contribution is 2.21. The van der Waals surface area contributed by atoms with Crippen LogP contribution in [0.2, 0.25) is 5.02 Å². The minimum absolute atomic E-state index is 0.333. The standard InChI is InChI=1S/C16H17BrClN/c1-2-19-16(13-5-7-14(17)8-6-13)11-12-3-9-15(18)10-4-12/h3-10,16,19H,2,11H2,1H3. The second kappa shape index (κ2) is 7.09. The highest BCUT2D eigenvalue weighted by molar-refractivity contribution is 9.10. The lowest BCUT2D eigenvalue weighted by Gasteiger charge is -2.18. The van der Waals surface area contributed by atoms with Crippen molar-refractivity contribution in [1.29, 1.82) is 0 Å². The highest BCUT2D eigenvalue weighted by Gasteiger charge is 2.10. The summed E-state index contributed by atoms with van der Waals surface area (Å²) in [5.74, 6) is 0. The Labute approximate surface area is 128 Å². The van der Waals surface area contributed by atoms with E-state index in [4.69, 9.17) is 11.6 Å². The van der Waals surface area contributed by atoms with Crippen molar-refractivity contribution >= 4 is 27.5 Å². The second-order valence-electron chi connectivity index (χ2n) is 4.49. The van der Waals surface area contributed by atoms with E-state index in [2.05, 4.69) is 64.6 Å². The normalized spacial score (nSPS) is 12.4. The third-order valence-electron chi connectivity index (χ3n) is 3.08. The van der Waals surface area contributed by atoms with Crippen molar-refractivity contribution in [3.05, 3.63) is 69.2 Å². The van der Waals surface area contributed by atoms with Crippen LogP contribution in [0, 0.1) is 0 Å². The third-order valence-corrected chi connectivity index (χ3v) is 3.86. The van der Waals surface area contributed by atoms with Crippen molar-refractivity contribution < 1.29 is 0 Å². The molecule has 0 aliphatic heterocycles. The fraction of sp³-hybridized carbons (Fsp3) is 0.250. The zero-order valence-corrected chi connectivity index (χ0v) is 13.2. The van der Waals surface area contributed by atoms with E-state index in [-0.39, 0.29) is 0 Å². The lowest BCUT2D eigenvalue weighted by molar-refractivity contribution is 0.550. The van der Waals surface area contributed by atoms with Gasteiger partial charge in [-0.3, -0.25) is 0 Å². The molecule has 0 amide bonds. The fourth-order valence-electron chi connectivity index (χ4n) is 2.11. The van der Waals surface area contributed by atoms with Crippen molar-refractivity contribution in [3.63, 3.8) is 0 Å².